The van der Waals surface area contributed by atoms with Gasteiger partial charge >= 0.3 is 0 Å². The summed E-state index contributed by atoms with van der Waals surface area (Å²) >= 11 is 0. The summed E-state index contributed by atoms with van der Waals surface area (Å²) in [6.07, 6.45) is 5.63. The number of rotatable bonds is 2. The van der Waals surface area contributed by atoms with E-state index < -0.39 is 0 Å². The zero-order valence-corrected chi connectivity index (χ0v) is 12.1. The molecule has 98 valence electrons. The molecule has 0 radical (unpaired) electrons. The Hall–Kier alpha value is -0.0400. The summed E-state index contributed by atoms with van der Waals surface area (Å²) in [7, 11) is 1.93. The Morgan fingerprint density at radius 2 is 1.88 bits per heavy atom. The molecule has 1 spiro atoms. The molecule has 3 aliphatic carbocycles. The van der Waals surface area contributed by atoms with E-state index in [0.717, 1.165) is 29.6 Å². The van der Waals surface area contributed by atoms with Crippen molar-refractivity contribution in [2.24, 2.45) is 35.0 Å². The molecule has 0 N–H and O–H groups in total. The first-order valence-corrected chi connectivity index (χ1v) is 7.52. The molecule has 0 amide bonds. The Morgan fingerprint density at radius 3 is 2.47 bits per heavy atom. The van der Waals surface area contributed by atoms with Crippen LogP contribution in [-0.4, -0.2) is 12.7 Å². The lowest BCUT2D eigenvalue weighted by molar-refractivity contribution is -0.0173. The molecular weight excluding hydrogens is 208 g/mol. The minimum absolute atomic E-state index is 0.191. The summed E-state index contributed by atoms with van der Waals surface area (Å²) in [5.41, 5.74) is 0.869. The van der Waals surface area contributed by atoms with Crippen LogP contribution < -0.4 is 0 Å². The van der Waals surface area contributed by atoms with Crippen LogP contribution in [0.1, 0.15) is 53.4 Å². The first kappa shape index (κ1) is 12.0. The second-order valence-corrected chi connectivity index (χ2v) is 7.52. The Kier molecular flexibility index (Phi) is 2.47. The van der Waals surface area contributed by atoms with E-state index in [-0.39, 0.29) is 5.60 Å². The molecule has 1 nitrogen and oxygen atoms in total. The van der Waals surface area contributed by atoms with Crippen molar-refractivity contribution in [3.63, 3.8) is 0 Å². The summed E-state index contributed by atoms with van der Waals surface area (Å²) in [6, 6.07) is 0. The Labute approximate surface area is 106 Å². The number of ether oxygens (including phenoxy) is 1. The predicted octanol–water partition coefficient (Wildman–Crippen LogP) is 4.12. The molecule has 0 aromatic rings. The fraction of sp³-hybridized carbons (Fsp3) is 1.00. The van der Waals surface area contributed by atoms with Crippen molar-refractivity contribution in [3.05, 3.63) is 0 Å². The second-order valence-electron chi connectivity index (χ2n) is 7.52. The van der Waals surface area contributed by atoms with Crippen LogP contribution in [0.25, 0.3) is 0 Å². The van der Waals surface area contributed by atoms with Gasteiger partial charge in [-0.15, -0.1) is 0 Å². The average molecular weight is 236 g/mol. The molecule has 6 atom stereocenters. The van der Waals surface area contributed by atoms with Gasteiger partial charge in [-0.3, -0.25) is 0 Å². The van der Waals surface area contributed by atoms with Gasteiger partial charge in [-0.05, 0) is 67.6 Å². The molecule has 0 saturated heterocycles. The molecule has 0 aromatic carbocycles. The molecule has 0 aliphatic heterocycles. The number of hydrogen-bond acceptors (Lipinski definition) is 1. The predicted molar refractivity (Wildman–Crippen MR) is 70.8 cm³/mol. The van der Waals surface area contributed by atoms with E-state index in [1.165, 1.54) is 25.7 Å². The van der Waals surface area contributed by atoms with Crippen LogP contribution >= 0.6 is 0 Å². The van der Waals surface area contributed by atoms with E-state index in [9.17, 15) is 0 Å². The fourth-order valence-electron chi connectivity index (χ4n) is 5.78. The Bertz CT molecular complexity index is 323. The molecule has 0 aromatic heterocycles. The molecule has 0 heterocycles. The summed E-state index contributed by atoms with van der Waals surface area (Å²) in [4.78, 5) is 0. The van der Waals surface area contributed by atoms with Crippen LogP contribution in [0.4, 0.5) is 0 Å². The van der Waals surface area contributed by atoms with Gasteiger partial charge in [0.1, 0.15) is 0 Å². The number of methoxy groups -OCH3 is 1. The highest BCUT2D eigenvalue weighted by molar-refractivity contribution is 5.26. The van der Waals surface area contributed by atoms with E-state index in [1.54, 1.807) is 0 Å². The van der Waals surface area contributed by atoms with Gasteiger partial charge in [0.25, 0.3) is 0 Å². The van der Waals surface area contributed by atoms with Gasteiger partial charge in [-0.25, -0.2) is 0 Å². The normalized spacial score (nSPS) is 56.8. The van der Waals surface area contributed by atoms with Gasteiger partial charge in [-0.1, -0.05) is 20.8 Å². The molecule has 3 fully saturated rings. The fourth-order valence-corrected chi connectivity index (χ4v) is 5.78. The highest BCUT2D eigenvalue weighted by Crippen LogP contribution is 2.80. The van der Waals surface area contributed by atoms with Crippen LogP contribution in [-0.2, 0) is 4.74 Å². The Morgan fingerprint density at radius 1 is 1.18 bits per heavy atom. The van der Waals surface area contributed by atoms with E-state index in [4.69, 9.17) is 4.74 Å². The lowest BCUT2D eigenvalue weighted by Crippen LogP contribution is -2.31. The zero-order chi connectivity index (χ0) is 12.4. The molecule has 3 saturated carbocycles. The average Bonchev–Trinajstić information content (AvgIpc) is 2.89. The standard InChI is InChI=1S/C16H28O/c1-10(2)12-7-6-11(3)16-9-8-15(4,17-5)14(16)13(12)16/h10-14H,6-9H2,1-5H3/t11-,12+,13-,14+,15+,16-/m1/s1. The molecule has 0 bridgehead atoms. The van der Waals surface area contributed by atoms with E-state index in [2.05, 4.69) is 27.7 Å². The lowest BCUT2D eigenvalue weighted by Gasteiger charge is -2.36. The monoisotopic (exact) mass is 236 g/mol. The summed E-state index contributed by atoms with van der Waals surface area (Å²) in [5, 5.41) is 0. The maximum Gasteiger partial charge on any atom is 0.0687 e. The molecule has 3 aliphatic rings. The molecule has 1 heteroatoms. The minimum Gasteiger partial charge on any atom is -0.378 e. The van der Waals surface area contributed by atoms with Gasteiger partial charge in [0.2, 0.25) is 0 Å². The van der Waals surface area contributed by atoms with Crippen molar-refractivity contribution in [1.29, 1.82) is 0 Å². The van der Waals surface area contributed by atoms with Crippen LogP contribution in [0.3, 0.4) is 0 Å². The summed E-state index contributed by atoms with van der Waals surface area (Å²) < 4.78 is 5.92. The third-order valence-electron chi connectivity index (χ3n) is 6.80. The smallest absolute Gasteiger partial charge is 0.0687 e. The van der Waals surface area contributed by atoms with Crippen molar-refractivity contribution in [2.45, 2.75) is 59.0 Å². The largest absolute Gasteiger partial charge is 0.378 e. The quantitative estimate of drug-likeness (QED) is 0.701. The van der Waals surface area contributed by atoms with Gasteiger partial charge < -0.3 is 4.74 Å². The SMILES string of the molecule is CO[C@@]1(C)CC[C@@]23[C@@H]([C@H]21)[C@H](C(C)C)CC[C@H]3C. The highest BCUT2D eigenvalue weighted by atomic mass is 16.5. The second kappa shape index (κ2) is 3.50. The van der Waals surface area contributed by atoms with Gasteiger partial charge in [0.15, 0.2) is 0 Å². The summed E-state index contributed by atoms with van der Waals surface area (Å²) in [6.45, 7) is 9.72. The first-order valence-electron chi connectivity index (χ1n) is 7.52. The van der Waals surface area contributed by atoms with Gasteiger partial charge in [-0.2, -0.15) is 0 Å². The van der Waals surface area contributed by atoms with E-state index in [1.807, 2.05) is 7.11 Å². The third-order valence-corrected chi connectivity index (χ3v) is 6.80. The maximum atomic E-state index is 5.92. The van der Waals surface area contributed by atoms with Crippen LogP contribution in [0.2, 0.25) is 0 Å². The van der Waals surface area contributed by atoms with Gasteiger partial charge in [0, 0.05) is 7.11 Å². The van der Waals surface area contributed by atoms with E-state index >= 15 is 0 Å². The maximum absolute atomic E-state index is 5.92. The molecule has 0 unspecified atom stereocenters. The first-order chi connectivity index (χ1) is 7.97. The lowest BCUT2D eigenvalue weighted by atomic mass is 9.69. The number of fused-ring (bicyclic) bond motifs is 1. The van der Waals surface area contributed by atoms with Crippen molar-refractivity contribution in [1.82, 2.24) is 0 Å². The van der Waals surface area contributed by atoms with Gasteiger partial charge in [0.05, 0.1) is 5.60 Å². The van der Waals surface area contributed by atoms with Crippen molar-refractivity contribution in [3.8, 4) is 0 Å². The summed E-state index contributed by atoms with van der Waals surface area (Å²) in [5.74, 6) is 4.60. The molecular formula is C16H28O. The number of hydrogen-bond donors (Lipinski definition) is 0. The molecule has 3 rings (SSSR count). The molecule has 17 heavy (non-hydrogen) atoms. The van der Waals surface area contributed by atoms with Crippen molar-refractivity contribution in [2.75, 3.05) is 7.11 Å². The van der Waals surface area contributed by atoms with E-state index in [0.29, 0.717) is 5.41 Å². The van der Waals surface area contributed by atoms with Crippen LogP contribution in [0, 0.1) is 35.0 Å². The van der Waals surface area contributed by atoms with Crippen molar-refractivity contribution < 1.29 is 4.74 Å². The topological polar surface area (TPSA) is 9.23 Å². The van der Waals surface area contributed by atoms with Crippen LogP contribution in [0.15, 0.2) is 0 Å². The van der Waals surface area contributed by atoms with Crippen molar-refractivity contribution >= 4 is 0 Å². The Balaban J connectivity index is 1.92. The third kappa shape index (κ3) is 1.30. The zero-order valence-electron chi connectivity index (χ0n) is 12.1. The minimum atomic E-state index is 0.191. The highest BCUT2D eigenvalue weighted by Gasteiger charge is 2.78. The van der Waals surface area contributed by atoms with Crippen LogP contribution in [0.5, 0.6) is 0 Å².